The highest BCUT2D eigenvalue weighted by Gasteiger charge is 2.00. The molecule has 0 saturated carbocycles. The molecule has 0 amide bonds. The lowest BCUT2D eigenvalue weighted by Gasteiger charge is -2.10. The summed E-state index contributed by atoms with van der Waals surface area (Å²) in [7, 11) is 0. The van der Waals surface area contributed by atoms with E-state index in [0.29, 0.717) is 5.92 Å². The van der Waals surface area contributed by atoms with E-state index in [-0.39, 0.29) is 0 Å². The third-order valence-electron chi connectivity index (χ3n) is 1.57. The Morgan fingerprint density at radius 3 is 2.27 bits per heavy atom. The Bertz CT molecular complexity index is 74.0. The first-order chi connectivity index (χ1) is 5.31. The Morgan fingerprint density at radius 1 is 1.09 bits per heavy atom. The molecule has 1 atom stereocenters. The largest absolute Gasteiger partial charge is 0.382 e. The Labute approximate surface area is 69.9 Å². The summed E-state index contributed by atoms with van der Waals surface area (Å²) in [6.07, 6.45) is 1.10. The van der Waals surface area contributed by atoms with Gasteiger partial charge < -0.3 is 9.47 Å². The van der Waals surface area contributed by atoms with Crippen molar-refractivity contribution in [2.45, 2.75) is 27.2 Å². The lowest BCUT2D eigenvalue weighted by atomic mass is 10.1. The molecule has 0 spiro atoms. The molecule has 2 heteroatoms. The highest BCUT2D eigenvalue weighted by molar-refractivity contribution is 4.49. The fourth-order valence-electron chi connectivity index (χ4n) is 0.831. The van der Waals surface area contributed by atoms with Gasteiger partial charge in [-0.1, -0.05) is 6.92 Å². The van der Waals surface area contributed by atoms with Gasteiger partial charge in [-0.3, -0.25) is 0 Å². The lowest BCUT2D eigenvalue weighted by molar-refractivity contribution is 0.0856. The highest BCUT2D eigenvalue weighted by Crippen LogP contribution is 2.01. The summed E-state index contributed by atoms with van der Waals surface area (Å²) in [5.41, 5.74) is 0. The summed E-state index contributed by atoms with van der Waals surface area (Å²) >= 11 is 0. The molecule has 1 unspecified atom stereocenters. The van der Waals surface area contributed by atoms with Crippen LogP contribution in [0.4, 0.5) is 0 Å². The van der Waals surface area contributed by atoms with Crippen molar-refractivity contribution < 1.29 is 9.47 Å². The van der Waals surface area contributed by atoms with E-state index in [4.69, 9.17) is 9.47 Å². The predicted octanol–water partition coefficient (Wildman–Crippen LogP) is 2.09. The van der Waals surface area contributed by atoms with E-state index in [1.54, 1.807) is 0 Å². The predicted molar refractivity (Wildman–Crippen MR) is 46.8 cm³/mol. The summed E-state index contributed by atoms with van der Waals surface area (Å²) in [4.78, 5) is 0. The van der Waals surface area contributed by atoms with Crippen molar-refractivity contribution in [3.05, 3.63) is 0 Å². The zero-order chi connectivity index (χ0) is 8.53. The van der Waals surface area contributed by atoms with Gasteiger partial charge in [-0.05, 0) is 26.2 Å². The Kier molecular flexibility index (Phi) is 7.96. The van der Waals surface area contributed by atoms with Crippen molar-refractivity contribution in [3.8, 4) is 0 Å². The molecule has 0 heterocycles. The van der Waals surface area contributed by atoms with Crippen LogP contribution in [-0.2, 0) is 9.47 Å². The van der Waals surface area contributed by atoms with Crippen molar-refractivity contribution in [1.29, 1.82) is 0 Å². The van der Waals surface area contributed by atoms with Gasteiger partial charge in [-0.25, -0.2) is 0 Å². The van der Waals surface area contributed by atoms with Crippen LogP contribution in [0.15, 0.2) is 0 Å². The third-order valence-corrected chi connectivity index (χ3v) is 1.57. The van der Waals surface area contributed by atoms with Gasteiger partial charge in [0.1, 0.15) is 0 Å². The first-order valence-electron chi connectivity index (χ1n) is 4.46. The summed E-state index contributed by atoms with van der Waals surface area (Å²) in [5, 5.41) is 0. The molecule has 0 saturated heterocycles. The first-order valence-corrected chi connectivity index (χ1v) is 4.46. The molecule has 0 aliphatic rings. The molecule has 2 nitrogen and oxygen atoms in total. The zero-order valence-electron chi connectivity index (χ0n) is 7.93. The second-order valence-electron chi connectivity index (χ2n) is 2.75. The Hall–Kier alpha value is -0.0800. The van der Waals surface area contributed by atoms with E-state index in [2.05, 4.69) is 6.92 Å². The van der Waals surface area contributed by atoms with E-state index in [9.17, 15) is 0 Å². The Balaban J connectivity index is 3.02. The second-order valence-corrected chi connectivity index (χ2v) is 2.75. The van der Waals surface area contributed by atoms with Crippen LogP contribution in [0, 0.1) is 5.92 Å². The van der Waals surface area contributed by atoms with Gasteiger partial charge in [0.15, 0.2) is 0 Å². The standard InChI is InChI=1S/C9H20O2/c1-4-10-7-6-9(3)8-11-5-2/h9H,4-8H2,1-3H3. The van der Waals surface area contributed by atoms with Crippen LogP contribution in [0.5, 0.6) is 0 Å². The topological polar surface area (TPSA) is 18.5 Å². The molecule has 0 N–H and O–H groups in total. The van der Waals surface area contributed by atoms with Gasteiger partial charge in [-0.15, -0.1) is 0 Å². The number of hydrogen-bond donors (Lipinski definition) is 0. The monoisotopic (exact) mass is 160 g/mol. The van der Waals surface area contributed by atoms with Gasteiger partial charge in [0, 0.05) is 26.4 Å². The molecule has 0 aromatic carbocycles. The van der Waals surface area contributed by atoms with E-state index in [1.807, 2.05) is 13.8 Å². The van der Waals surface area contributed by atoms with Crippen LogP contribution in [0.25, 0.3) is 0 Å². The maximum absolute atomic E-state index is 5.27. The molecule has 68 valence electrons. The minimum atomic E-state index is 0.626. The van der Waals surface area contributed by atoms with Gasteiger partial charge in [0.25, 0.3) is 0 Å². The molecule has 11 heavy (non-hydrogen) atoms. The van der Waals surface area contributed by atoms with Crippen LogP contribution in [0.3, 0.4) is 0 Å². The van der Waals surface area contributed by atoms with E-state index < -0.39 is 0 Å². The van der Waals surface area contributed by atoms with E-state index in [1.165, 1.54) is 0 Å². The van der Waals surface area contributed by atoms with Crippen molar-refractivity contribution >= 4 is 0 Å². The lowest BCUT2D eigenvalue weighted by Crippen LogP contribution is -2.08. The maximum Gasteiger partial charge on any atom is 0.0492 e. The van der Waals surface area contributed by atoms with Crippen LogP contribution in [0.2, 0.25) is 0 Å². The first kappa shape index (κ1) is 10.9. The fourth-order valence-corrected chi connectivity index (χ4v) is 0.831. The van der Waals surface area contributed by atoms with Crippen LogP contribution in [-0.4, -0.2) is 26.4 Å². The summed E-state index contributed by atoms with van der Waals surface area (Å²) in [5.74, 6) is 0.626. The van der Waals surface area contributed by atoms with Crippen LogP contribution >= 0.6 is 0 Å². The summed E-state index contributed by atoms with van der Waals surface area (Å²) in [6, 6.07) is 0. The van der Waals surface area contributed by atoms with E-state index in [0.717, 1.165) is 32.8 Å². The van der Waals surface area contributed by atoms with Gasteiger partial charge in [0.2, 0.25) is 0 Å². The number of ether oxygens (including phenoxy) is 2. The number of rotatable bonds is 7. The van der Waals surface area contributed by atoms with Gasteiger partial charge >= 0.3 is 0 Å². The van der Waals surface area contributed by atoms with Crippen molar-refractivity contribution in [3.63, 3.8) is 0 Å². The van der Waals surface area contributed by atoms with Crippen molar-refractivity contribution in [2.24, 2.45) is 5.92 Å². The zero-order valence-corrected chi connectivity index (χ0v) is 7.93. The number of hydrogen-bond acceptors (Lipinski definition) is 2. The molecular weight excluding hydrogens is 140 g/mol. The summed E-state index contributed by atoms with van der Waals surface area (Å²) in [6.45, 7) is 9.60. The van der Waals surface area contributed by atoms with Crippen molar-refractivity contribution in [2.75, 3.05) is 26.4 Å². The van der Waals surface area contributed by atoms with Crippen LogP contribution in [0.1, 0.15) is 27.2 Å². The average Bonchev–Trinajstić information content (AvgIpc) is 2.01. The molecule has 0 fully saturated rings. The molecule has 0 aromatic rings. The molecule has 0 rings (SSSR count). The molecular formula is C9H20O2. The second kappa shape index (κ2) is 8.02. The molecule has 0 radical (unpaired) electrons. The maximum atomic E-state index is 5.27. The quantitative estimate of drug-likeness (QED) is 0.531. The molecule has 0 aliphatic carbocycles. The molecule has 0 aromatic heterocycles. The van der Waals surface area contributed by atoms with Gasteiger partial charge in [0.05, 0.1) is 0 Å². The minimum absolute atomic E-state index is 0.626. The highest BCUT2D eigenvalue weighted by atomic mass is 16.5. The van der Waals surface area contributed by atoms with Crippen LogP contribution < -0.4 is 0 Å². The summed E-state index contributed by atoms with van der Waals surface area (Å²) < 4.78 is 10.5. The SMILES string of the molecule is CCOCCC(C)COCC. The normalized spacial score (nSPS) is 13.4. The van der Waals surface area contributed by atoms with Gasteiger partial charge in [-0.2, -0.15) is 0 Å². The molecule has 0 aliphatic heterocycles. The van der Waals surface area contributed by atoms with E-state index >= 15 is 0 Å². The third kappa shape index (κ3) is 7.82. The smallest absolute Gasteiger partial charge is 0.0492 e. The minimum Gasteiger partial charge on any atom is -0.382 e. The molecule has 0 bridgehead atoms. The Morgan fingerprint density at radius 2 is 1.73 bits per heavy atom. The fraction of sp³-hybridized carbons (Fsp3) is 1.00. The van der Waals surface area contributed by atoms with Crippen molar-refractivity contribution in [1.82, 2.24) is 0 Å². The average molecular weight is 160 g/mol.